The number of piperazine rings is 1. The molecule has 226 valence electrons. The molecule has 0 unspecified atom stereocenters. The smallest absolute Gasteiger partial charge is 0.355 e. The van der Waals surface area contributed by atoms with Crippen molar-refractivity contribution < 1.29 is 22.4 Å². The van der Waals surface area contributed by atoms with Gasteiger partial charge in [-0.3, -0.25) is 4.79 Å². The number of carbonyl (C=O) groups excluding carboxylic acids is 1. The quantitative estimate of drug-likeness (QED) is 0.143. The highest BCUT2D eigenvalue weighted by molar-refractivity contribution is 6.33. The molecule has 43 heavy (non-hydrogen) atoms. The predicted octanol–water partition coefficient (Wildman–Crippen LogP) is 4.46. The van der Waals surface area contributed by atoms with Crippen molar-refractivity contribution in [2.24, 2.45) is 5.92 Å². The summed E-state index contributed by atoms with van der Waals surface area (Å²) in [5.74, 6) is -6.23. The van der Waals surface area contributed by atoms with Crippen LogP contribution in [0.1, 0.15) is 20.8 Å². The Kier molecular flexibility index (Phi) is 7.95. The Morgan fingerprint density at radius 2 is 1.81 bits per heavy atom. The first-order chi connectivity index (χ1) is 20.4. The van der Waals surface area contributed by atoms with E-state index in [1.54, 1.807) is 29.0 Å². The van der Waals surface area contributed by atoms with Gasteiger partial charge in [-0.1, -0.05) is 32.0 Å². The number of anilines is 2. The van der Waals surface area contributed by atoms with E-state index in [0.29, 0.717) is 11.3 Å². The molecule has 9 nitrogen and oxygen atoms in total. The number of nitrogens with zero attached hydrogens (tertiary/aromatic N) is 5. The molecule has 14 heteroatoms. The molecule has 1 atom stereocenters. The molecular formula is C29H28ClF4N7O2. The lowest BCUT2D eigenvalue weighted by Gasteiger charge is -2.36. The number of fused-ring (bicyclic) bond motifs is 1. The SMILES string of the molecule is C=CC(=O)N1CCN(c2nc(=O)n(C3=C(C)C=CN[C@@H]3C(C)C)c3nc(-c4c(F)c(N)c(F)c(F)c4Cl)c(F)cc23)CC1. The van der Waals surface area contributed by atoms with Gasteiger partial charge in [-0.15, -0.1) is 0 Å². The van der Waals surface area contributed by atoms with Gasteiger partial charge in [0.15, 0.2) is 28.9 Å². The number of hydrogen-bond acceptors (Lipinski definition) is 7. The van der Waals surface area contributed by atoms with E-state index >= 15 is 8.78 Å². The molecule has 0 bridgehead atoms. The summed E-state index contributed by atoms with van der Waals surface area (Å²) in [6.07, 6.45) is 4.68. The van der Waals surface area contributed by atoms with E-state index in [1.165, 1.54) is 10.6 Å². The van der Waals surface area contributed by atoms with Gasteiger partial charge >= 0.3 is 5.69 Å². The lowest BCUT2D eigenvalue weighted by atomic mass is 9.95. The highest BCUT2D eigenvalue weighted by Gasteiger charge is 2.32. The van der Waals surface area contributed by atoms with E-state index in [1.807, 2.05) is 13.8 Å². The summed E-state index contributed by atoms with van der Waals surface area (Å²) in [4.78, 5) is 37.9. The molecule has 3 aromatic rings. The fourth-order valence-electron chi connectivity index (χ4n) is 5.38. The minimum absolute atomic E-state index is 0.0372. The van der Waals surface area contributed by atoms with Crippen molar-refractivity contribution in [3.05, 3.63) is 75.3 Å². The zero-order chi connectivity index (χ0) is 31.3. The van der Waals surface area contributed by atoms with Gasteiger partial charge in [-0.05, 0) is 42.8 Å². The van der Waals surface area contributed by atoms with Crippen molar-refractivity contribution in [3.63, 3.8) is 0 Å². The first-order valence-corrected chi connectivity index (χ1v) is 13.8. The molecule has 1 aromatic carbocycles. The first-order valence-electron chi connectivity index (χ1n) is 13.4. The maximum atomic E-state index is 15.9. The van der Waals surface area contributed by atoms with Crippen LogP contribution in [0, 0.1) is 29.2 Å². The number of aromatic nitrogens is 3. The number of hydrogen-bond donors (Lipinski definition) is 2. The number of nitrogen functional groups attached to an aromatic ring is 1. The largest absolute Gasteiger partial charge is 0.394 e. The Balaban J connectivity index is 1.82. The summed E-state index contributed by atoms with van der Waals surface area (Å²) in [6.45, 7) is 10.2. The van der Waals surface area contributed by atoms with E-state index in [-0.39, 0.29) is 54.9 Å². The predicted molar refractivity (Wildman–Crippen MR) is 157 cm³/mol. The van der Waals surface area contributed by atoms with Gasteiger partial charge in [0.1, 0.15) is 17.2 Å². The van der Waals surface area contributed by atoms with Gasteiger partial charge in [0, 0.05) is 26.2 Å². The van der Waals surface area contributed by atoms with Crippen LogP contribution in [0.5, 0.6) is 0 Å². The summed E-state index contributed by atoms with van der Waals surface area (Å²) >= 11 is 5.97. The zero-order valence-corrected chi connectivity index (χ0v) is 24.3. The average molecular weight is 618 g/mol. The summed E-state index contributed by atoms with van der Waals surface area (Å²) in [6, 6.07) is 0.595. The standard InChI is InChI=1S/C29H28ClF4N7O2/c1-5-17(42)39-8-10-40(11-9-39)27-15-12-16(31)25(18-19(30)21(33)22(34)23(35)20(18)32)37-28(15)41(29(43)38-27)26-14(4)6-7-36-24(26)13(2)3/h5-7,12-13,24,36H,1,8-11,35H2,2-4H3/t24-/m1/s1. The number of amides is 1. The minimum atomic E-state index is -1.72. The van der Waals surface area contributed by atoms with Crippen molar-refractivity contribution in [2.45, 2.75) is 26.8 Å². The second-order valence-electron chi connectivity index (χ2n) is 10.6. The van der Waals surface area contributed by atoms with Gasteiger partial charge in [-0.2, -0.15) is 4.98 Å². The lowest BCUT2D eigenvalue weighted by Crippen LogP contribution is -2.49. The van der Waals surface area contributed by atoms with Crippen LogP contribution in [0.25, 0.3) is 28.0 Å². The van der Waals surface area contributed by atoms with Gasteiger partial charge in [0.25, 0.3) is 0 Å². The van der Waals surface area contributed by atoms with Gasteiger partial charge in [0.2, 0.25) is 5.91 Å². The fourth-order valence-corrected chi connectivity index (χ4v) is 5.63. The molecule has 0 radical (unpaired) electrons. The molecule has 3 N–H and O–H groups in total. The molecule has 2 aliphatic rings. The van der Waals surface area contributed by atoms with E-state index in [2.05, 4.69) is 21.9 Å². The number of benzene rings is 1. The highest BCUT2D eigenvalue weighted by Crippen LogP contribution is 2.40. The second kappa shape index (κ2) is 11.4. The molecule has 0 saturated carbocycles. The minimum Gasteiger partial charge on any atom is -0.394 e. The number of pyridine rings is 1. The number of rotatable bonds is 5. The monoisotopic (exact) mass is 617 g/mol. The summed E-state index contributed by atoms with van der Waals surface area (Å²) < 4.78 is 61.0. The van der Waals surface area contributed by atoms with Crippen LogP contribution in [0.4, 0.5) is 29.1 Å². The molecule has 4 heterocycles. The van der Waals surface area contributed by atoms with Crippen LogP contribution < -0.4 is 21.6 Å². The molecule has 1 fully saturated rings. The van der Waals surface area contributed by atoms with E-state index < -0.39 is 57.0 Å². The van der Waals surface area contributed by atoms with E-state index in [9.17, 15) is 18.4 Å². The highest BCUT2D eigenvalue weighted by atomic mass is 35.5. The molecule has 5 rings (SSSR count). The summed E-state index contributed by atoms with van der Waals surface area (Å²) in [5, 5.41) is 2.25. The first kappa shape index (κ1) is 30.1. The van der Waals surface area contributed by atoms with Gasteiger partial charge < -0.3 is 20.9 Å². The topological polar surface area (TPSA) is 109 Å². The Morgan fingerprint density at radius 3 is 2.44 bits per heavy atom. The maximum Gasteiger partial charge on any atom is 0.355 e. The number of nitrogens with two attached hydrogens (primary N) is 1. The van der Waals surface area contributed by atoms with Crippen LogP contribution in [0.2, 0.25) is 5.02 Å². The molecule has 2 aromatic heterocycles. The maximum absolute atomic E-state index is 15.9. The number of allylic oxidation sites excluding steroid dienone is 2. The number of carbonyl (C=O) groups is 1. The van der Waals surface area contributed by atoms with Crippen molar-refractivity contribution >= 4 is 45.7 Å². The van der Waals surface area contributed by atoms with E-state index in [0.717, 1.165) is 6.07 Å². The van der Waals surface area contributed by atoms with Crippen molar-refractivity contribution in [1.82, 2.24) is 24.8 Å². The molecule has 1 amide bonds. The molecule has 0 aliphatic carbocycles. The third-order valence-electron chi connectivity index (χ3n) is 7.62. The second-order valence-corrected chi connectivity index (χ2v) is 11.0. The van der Waals surface area contributed by atoms with E-state index in [4.69, 9.17) is 17.3 Å². The van der Waals surface area contributed by atoms with Gasteiger partial charge in [-0.25, -0.2) is 31.9 Å². The Bertz CT molecular complexity index is 1770. The Morgan fingerprint density at radius 1 is 1.14 bits per heavy atom. The molecule has 2 aliphatic heterocycles. The van der Waals surface area contributed by atoms with Crippen LogP contribution in [-0.2, 0) is 4.79 Å². The van der Waals surface area contributed by atoms with Crippen LogP contribution in [0.3, 0.4) is 0 Å². The van der Waals surface area contributed by atoms with Crippen molar-refractivity contribution in [3.8, 4) is 11.3 Å². The fraction of sp³-hybridized carbons (Fsp3) is 0.310. The Labute approximate surface area is 248 Å². The number of nitrogens with one attached hydrogen (secondary N) is 1. The van der Waals surface area contributed by atoms with Crippen LogP contribution >= 0.6 is 11.6 Å². The van der Waals surface area contributed by atoms with Crippen LogP contribution in [-0.4, -0.2) is 57.6 Å². The summed E-state index contributed by atoms with van der Waals surface area (Å²) in [7, 11) is 0. The van der Waals surface area contributed by atoms with Crippen molar-refractivity contribution in [1.29, 1.82) is 0 Å². The van der Waals surface area contributed by atoms with Crippen molar-refractivity contribution in [2.75, 3.05) is 36.8 Å². The Hall–Kier alpha value is -4.39. The number of dihydropyridines is 1. The zero-order valence-electron chi connectivity index (χ0n) is 23.5. The molecular weight excluding hydrogens is 590 g/mol. The molecule has 0 spiro atoms. The molecule has 1 saturated heterocycles. The normalized spacial score (nSPS) is 17.2. The summed E-state index contributed by atoms with van der Waals surface area (Å²) in [5.41, 5.74) is 2.84. The lowest BCUT2D eigenvalue weighted by molar-refractivity contribution is -0.126. The third kappa shape index (κ3) is 5.01. The average Bonchev–Trinajstić information content (AvgIpc) is 2.99. The van der Waals surface area contributed by atoms with Crippen LogP contribution in [0.15, 0.2) is 41.4 Å². The number of halogens is 5. The third-order valence-corrected chi connectivity index (χ3v) is 7.97. The van der Waals surface area contributed by atoms with Gasteiger partial charge in [0.05, 0.1) is 27.7 Å².